The van der Waals surface area contributed by atoms with Crippen LogP contribution in [0, 0.1) is 20.5 Å². The lowest BCUT2D eigenvalue weighted by Gasteiger charge is -2.20. The third kappa shape index (κ3) is 5.22. The van der Waals surface area contributed by atoms with Gasteiger partial charge in [-0.05, 0) is 54.5 Å². The number of hydrogen-bond donors (Lipinski definition) is 0. The molecule has 2 heteroatoms. The molecule has 0 radical (unpaired) electrons. The first-order chi connectivity index (χ1) is 12.2. The molecule has 2 aromatic rings. The Morgan fingerprint density at radius 2 is 1.88 bits per heavy atom. The van der Waals surface area contributed by atoms with Gasteiger partial charge in [0.2, 0.25) is 6.61 Å². The Morgan fingerprint density at radius 1 is 1.08 bits per heavy atom. The van der Waals surface area contributed by atoms with Gasteiger partial charge in [0.05, 0.1) is 0 Å². The van der Waals surface area contributed by atoms with Crippen molar-refractivity contribution in [2.24, 2.45) is 0 Å². The van der Waals surface area contributed by atoms with Crippen LogP contribution in [-0.4, -0.2) is 31.1 Å². The van der Waals surface area contributed by atoms with Crippen molar-refractivity contribution in [3.8, 4) is 0 Å². The molecule has 0 aliphatic carbocycles. The fourth-order valence-electron chi connectivity index (χ4n) is 3.35. The van der Waals surface area contributed by atoms with Crippen LogP contribution in [0.15, 0.2) is 42.5 Å². The van der Waals surface area contributed by atoms with Crippen molar-refractivity contribution in [1.82, 2.24) is 4.90 Å². The van der Waals surface area contributed by atoms with E-state index >= 15 is 0 Å². The van der Waals surface area contributed by atoms with Gasteiger partial charge in [-0.2, -0.15) is 4.74 Å². The highest BCUT2D eigenvalue weighted by molar-refractivity contribution is 5.72. The Labute approximate surface area is 152 Å². The van der Waals surface area contributed by atoms with Crippen molar-refractivity contribution in [3.63, 3.8) is 0 Å². The van der Waals surface area contributed by atoms with Gasteiger partial charge in [-0.3, -0.25) is 4.90 Å². The number of nitrogens with zero attached hydrogens (tertiary/aromatic N) is 1. The Hall–Kier alpha value is -2.03. The number of hydrogen-bond acceptors (Lipinski definition) is 2. The first kappa shape index (κ1) is 17.8. The monoisotopic (exact) mass is 334 g/mol. The van der Waals surface area contributed by atoms with Gasteiger partial charge in [0.1, 0.15) is 6.61 Å². The van der Waals surface area contributed by atoms with E-state index in [4.69, 9.17) is 4.74 Å². The van der Waals surface area contributed by atoms with Crippen molar-refractivity contribution in [2.75, 3.05) is 26.2 Å². The molecule has 0 saturated carbocycles. The van der Waals surface area contributed by atoms with Gasteiger partial charge in [-0.25, -0.2) is 0 Å². The van der Waals surface area contributed by atoms with Crippen molar-refractivity contribution < 1.29 is 4.74 Å². The van der Waals surface area contributed by atoms with Crippen LogP contribution < -0.4 is 0 Å². The Balaban J connectivity index is 1.58. The molecule has 0 bridgehead atoms. The van der Waals surface area contributed by atoms with Gasteiger partial charge in [0.15, 0.2) is 6.54 Å². The molecule has 0 unspecified atom stereocenters. The van der Waals surface area contributed by atoms with Crippen molar-refractivity contribution in [3.05, 3.63) is 76.9 Å². The number of benzene rings is 2. The minimum absolute atomic E-state index is 0.832. The van der Waals surface area contributed by atoms with E-state index < -0.39 is 0 Å². The highest BCUT2D eigenvalue weighted by Gasteiger charge is 2.16. The molecule has 0 N–H and O–H groups in total. The Bertz CT molecular complexity index is 694. The summed E-state index contributed by atoms with van der Waals surface area (Å²) < 4.78 is 5.29. The maximum absolute atomic E-state index is 5.29. The summed E-state index contributed by atoms with van der Waals surface area (Å²) in [5.74, 6) is 0. The second-order valence-corrected chi connectivity index (χ2v) is 6.83. The normalized spacial score (nSPS) is 15.4. The molecule has 0 spiro atoms. The van der Waals surface area contributed by atoms with E-state index in [1.165, 1.54) is 34.2 Å². The van der Waals surface area contributed by atoms with Crippen molar-refractivity contribution in [1.29, 1.82) is 0 Å². The Morgan fingerprint density at radius 3 is 2.64 bits per heavy atom. The first-order valence-corrected chi connectivity index (χ1v) is 9.21. The Kier molecular flexibility index (Phi) is 6.32. The van der Waals surface area contributed by atoms with E-state index in [0.717, 1.165) is 32.7 Å². The maximum atomic E-state index is 5.29. The van der Waals surface area contributed by atoms with Crippen LogP contribution in [0.2, 0.25) is 0 Å². The molecule has 1 heterocycles. The third-order valence-electron chi connectivity index (χ3n) is 4.85. The van der Waals surface area contributed by atoms with E-state index in [9.17, 15) is 0 Å². The van der Waals surface area contributed by atoms with Gasteiger partial charge < -0.3 is 0 Å². The summed E-state index contributed by atoms with van der Waals surface area (Å²) >= 11 is 0. The maximum Gasteiger partial charge on any atom is 0.242 e. The molecule has 25 heavy (non-hydrogen) atoms. The number of rotatable bonds is 6. The second-order valence-electron chi connectivity index (χ2n) is 6.83. The second kappa shape index (κ2) is 8.89. The summed E-state index contributed by atoms with van der Waals surface area (Å²) in [6.45, 7) is 10.2. The molecule has 2 aromatic carbocycles. The SMILES string of the molecule is Cc1cccc(C)c1/C=C\c1cccc(CCCN2C[CH+]OCC2)c1. The van der Waals surface area contributed by atoms with Crippen LogP contribution in [-0.2, 0) is 11.2 Å². The summed E-state index contributed by atoms with van der Waals surface area (Å²) in [4.78, 5) is 2.45. The van der Waals surface area contributed by atoms with Gasteiger partial charge in [-0.15, -0.1) is 0 Å². The van der Waals surface area contributed by atoms with E-state index in [1.807, 2.05) is 6.61 Å². The molecule has 130 valence electrons. The van der Waals surface area contributed by atoms with Crippen LogP contribution in [0.1, 0.15) is 34.2 Å². The minimum atomic E-state index is 0.832. The van der Waals surface area contributed by atoms with E-state index in [-0.39, 0.29) is 0 Å². The average Bonchev–Trinajstić information content (AvgIpc) is 2.63. The molecule has 0 amide bonds. The number of aryl methyl sites for hydroxylation is 3. The largest absolute Gasteiger partial charge is 0.260 e. The summed E-state index contributed by atoms with van der Waals surface area (Å²) in [5.41, 5.74) is 6.68. The molecule has 0 aromatic heterocycles. The molecule has 0 atom stereocenters. The first-order valence-electron chi connectivity index (χ1n) is 9.21. The fraction of sp³-hybridized carbons (Fsp3) is 0.348. The minimum Gasteiger partial charge on any atom is -0.260 e. The molecule has 3 rings (SSSR count). The van der Waals surface area contributed by atoms with E-state index in [1.54, 1.807) is 0 Å². The molecule has 1 saturated heterocycles. The topological polar surface area (TPSA) is 12.5 Å². The quantitative estimate of drug-likeness (QED) is 0.550. The number of ether oxygens (including phenoxy) is 1. The van der Waals surface area contributed by atoms with Crippen LogP contribution in [0.25, 0.3) is 12.2 Å². The summed E-state index contributed by atoms with van der Waals surface area (Å²) in [7, 11) is 0. The molecular weight excluding hydrogens is 306 g/mol. The van der Waals surface area contributed by atoms with Crippen molar-refractivity contribution in [2.45, 2.75) is 26.7 Å². The van der Waals surface area contributed by atoms with Gasteiger partial charge in [0, 0.05) is 13.1 Å². The standard InChI is InChI=1S/C23H28NO/c1-19-6-3-7-20(2)23(19)12-11-22-9-4-8-21(18-22)10-5-13-24-14-16-25-17-15-24/h3-4,6-9,11-12,16,18H,5,10,13-15,17H2,1-2H3/q+1/b12-11-. The smallest absolute Gasteiger partial charge is 0.242 e. The molecule has 2 nitrogen and oxygen atoms in total. The molecule has 1 aliphatic rings. The van der Waals surface area contributed by atoms with Gasteiger partial charge in [0.25, 0.3) is 0 Å². The fourth-order valence-corrected chi connectivity index (χ4v) is 3.35. The predicted octanol–water partition coefficient (Wildman–Crippen LogP) is 4.90. The van der Waals surface area contributed by atoms with E-state index in [0.29, 0.717) is 0 Å². The van der Waals surface area contributed by atoms with Crippen molar-refractivity contribution >= 4 is 12.2 Å². The van der Waals surface area contributed by atoms with Crippen LogP contribution in [0.3, 0.4) is 0 Å². The summed E-state index contributed by atoms with van der Waals surface area (Å²) in [6.07, 6.45) is 6.80. The third-order valence-corrected chi connectivity index (χ3v) is 4.85. The van der Waals surface area contributed by atoms with E-state index in [2.05, 4.69) is 73.4 Å². The number of morpholine rings is 1. The summed E-state index contributed by atoms with van der Waals surface area (Å²) in [5, 5.41) is 0. The lowest BCUT2D eigenvalue weighted by molar-refractivity contribution is 0.0847. The van der Waals surface area contributed by atoms with Crippen LogP contribution in [0.4, 0.5) is 0 Å². The molecular formula is C23H28NO+. The molecule has 1 aliphatic heterocycles. The van der Waals surface area contributed by atoms with Gasteiger partial charge in [-0.1, -0.05) is 54.6 Å². The zero-order valence-electron chi connectivity index (χ0n) is 15.4. The van der Waals surface area contributed by atoms with Crippen LogP contribution >= 0.6 is 0 Å². The molecule has 1 fully saturated rings. The highest BCUT2D eigenvalue weighted by atomic mass is 16.5. The average molecular weight is 334 g/mol. The zero-order chi connectivity index (χ0) is 17.5. The van der Waals surface area contributed by atoms with Gasteiger partial charge >= 0.3 is 0 Å². The van der Waals surface area contributed by atoms with Crippen LogP contribution in [0.5, 0.6) is 0 Å². The predicted molar refractivity (Wildman–Crippen MR) is 106 cm³/mol. The zero-order valence-corrected chi connectivity index (χ0v) is 15.4. The highest BCUT2D eigenvalue weighted by Crippen LogP contribution is 2.18. The lowest BCUT2D eigenvalue weighted by Crippen LogP contribution is -2.34. The summed E-state index contributed by atoms with van der Waals surface area (Å²) in [6, 6.07) is 15.4. The lowest BCUT2D eigenvalue weighted by atomic mass is 10.0.